The molecule has 0 atom stereocenters. The number of phenols is 1. The molecule has 0 bridgehead atoms. The number of aromatic hydroxyl groups is 1. The van der Waals surface area contributed by atoms with Crippen molar-refractivity contribution in [2.24, 2.45) is 0 Å². The first-order chi connectivity index (χ1) is 16.3. The Labute approximate surface area is 193 Å². The van der Waals surface area contributed by atoms with Crippen LogP contribution in [-0.2, 0) is 0 Å². The van der Waals surface area contributed by atoms with E-state index in [1.54, 1.807) is 44.2 Å². The maximum atomic E-state index is 11.2. The maximum absolute atomic E-state index is 11.2. The number of nitrogens with zero attached hydrogens (tertiary/aromatic N) is 5. The fourth-order valence-corrected chi connectivity index (χ4v) is 3.82. The monoisotopic (exact) mass is 454 g/mol. The Morgan fingerprint density at radius 2 is 1.94 bits per heavy atom. The molecule has 0 saturated carbocycles. The van der Waals surface area contributed by atoms with Crippen LogP contribution in [0.5, 0.6) is 5.75 Å². The van der Waals surface area contributed by atoms with Crippen molar-refractivity contribution in [1.82, 2.24) is 19.7 Å². The lowest BCUT2D eigenvalue weighted by atomic mass is 9.89. The topological polar surface area (TPSA) is 139 Å². The minimum atomic E-state index is -0.759. The van der Waals surface area contributed by atoms with Crippen molar-refractivity contribution in [1.29, 1.82) is 0 Å². The molecule has 0 aliphatic carbocycles. The average Bonchev–Trinajstić information content (AvgIpc) is 3.24. The summed E-state index contributed by atoms with van der Waals surface area (Å²) in [5.41, 5.74) is 3.16. The van der Waals surface area contributed by atoms with Crippen LogP contribution < -0.4 is 5.32 Å². The van der Waals surface area contributed by atoms with Crippen LogP contribution in [0.2, 0.25) is 6.82 Å². The Balaban J connectivity index is 1.64. The van der Waals surface area contributed by atoms with Gasteiger partial charge in [0.25, 0.3) is 5.69 Å². The van der Waals surface area contributed by atoms with Crippen molar-refractivity contribution >= 4 is 46.0 Å². The maximum Gasteiger partial charge on any atom is 0.431 e. The van der Waals surface area contributed by atoms with E-state index in [0.29, 0.717) is 39.4 Å². The van der Waals surface area contributed by atoms with E-state index in [1.807, 2.05) is 18.2 Å². The summed E-state index contributed by atoms with van der Waals surface area (Å²) in [5, 5.41) is 40.3. The summed E-state index contributed by atoms with van der Waals surface area (Å²) in [6.45, 7) is 3.40. The summed E-state index contributed by atoms with van der Waals surface area (Å²) in [4.78, 5) is 20.0. The first-order valence-electron chi connectivity index (χ1n) is 10.5. The van der Waals surface area contributed by atoms with E-state index in [4.69, 9.17) is 0 Å². The molecule has 5 rings (SSSR count). The average molecular weight is 454 g/mol. The normalized spacial score (nSPS) is 11.1. The zero-order chi connectivity index (χ0) is 24.0. The number of anilines is 2. The minimum absolute atomic E-state index is 0.0573. The van der Waals surface area contributed by atoms with Gasteiger partial charge in [-0.2, -0.15) is 5.10 Å². The largest absolute Gasteiger partial charge is 0.508 e. The number of fused-ring (bicyclic) bond motifs is 2. The van der Waals surface area contributed by atoms with Gasteiger partial charge in [-0.3, -0.25) is 14.7 Å². The molecule has 0 aliphatic rings. The van der Waals surface area contributed by atoms with Gasteiger partial charge in [-0.15, -0.1) is 0 Å². The summed E-state index contributed by atoms with van der Waals surface area (Å²) in [6.07, 6.45) is 1.66. The Morgan fingerprint density at radius 1 is 1.12 bits per heavy atom. The number of nitro benzene ring substituents is 1. The number of nitrogens with one attached hydrogen (secondary N) is 1. The highest BCUT2D eigenvalue weighted by molar-refractivity contribution is 6.47. The van der Waals surface area contributed by atoms with Crippen molar-refractivity contribution in [3.05, 3.63) is 76.5 Å². The van der Waals surface area contributed by atoms with E-state index in [9.17, 15) is 20.2 Å². The molecule has 0 aliphatic heterocycles. The number of non-ortho nitro benzene ring substituents is 1. The molecular weight excluding hydrogens is 435 g/mol. The summed E-state index contributed by atoms with van der Waals surface area (Å²) >= 11 is 0. The molecule has 5 aromatic rings. The second kappa shape index (κ2) is 8.12. The number of hydrogen-bond donors (Lipinski definition) is 3. The van der Waals surface area contributed by atoms with Crippen molar-refractivity contribution in [3.8, 4) is 17.1 Å². The Morgan fingerprint density at radius 3 is 2.71 bits per heavy atom. The van der Waals surface area contributed by atoms with Gasteiger partial charge in [-0.1, -0.05) is 12.1 Å². The quantitative estimate of drug-likeness (QED) is 0.203. The van der Waals surface area contributed by atoms with Crippen molar-refractivity contribution in [3.63, 3.8) is 0 Å². The lowest BCUT2D eigenvalue weighted by molar-refractivity contribution is -0.384. The van der Waals surface area contributed by atoms with Crippen LogP contribution >= 0.6 is 0 Å². The third-order valence-corrected chi connectivity index (χ3v) is 5.54. The van der Waals surface area contributed by atoms with Gasteiger partial charge < -0.3 is 15.4 Å². The SMILES string of the molecule is CB(O)n1ncc2cc(Nc3nc(-c4cccc([N+](=O)[O-])c4)nc4cc(C)c(O)cc34)ccc21. The molecule has 10 nitrogen and oxygen atoms in total. The third kappa shape index (κ3) is 3.78. The number of aromatic nitrogens is 4. The van der Waals surface area contributed by atoms with Gasteiger partial charge in [0.05, 0.1) is 22.2 Å². The first kappa shape index (κ1) is 21.3. The molecular formula is C23H19BN6O4. The first-order valence-corrected chi connectivity index (χ1v) is 10.5. The molecule has 168 valence electrons. The van der Waals surface area contributed by atoms with E-state index in [-0.39, 0.29) is 11.4 Å². The van der Waals surface area contributed by atoms with Gasteiger partial charge in [-0.05, 0) is 49.6 Å². The van der Waals surface area contributed by atoms with Gasteiger partial charge >= 0.3 is 7.05 Å². The molecule has 3 N–H and O–H groups in total. The molecule has 0 amide bonds. The smallest absolute Gasteiger partial charge is 0.431 e. The minimum Gasteiger partial charge on any atom is -0.508 e. The number of rotatable bonds is 5. The van der Waals surface area contributed by atoms with Crippen molar-refractivity contribution < 1.29 is 15.1 Å². The van der Waals surface area contributed by atoms with Gasteiger partial charge in [0, 0.05) is 34.2 Å². The number of aryl methyl sites for hydroxylation is 1. The molecule has 2 heterocycles. The van der Waals surface area contributed by atoms with Gasteiger partial charge in [0.15, 0.2) is 5.82 Å². The molecule has 0 unspecified atom stereocenters. The Kier molecular flexibility index (Phi) is 5.10. The zero-order valence-corrected chi connectivity index (χ0v) is 18.3. The van der Waals surface area contributed by atoms with Gasteiger partial charge in [-0.25, -0.2) is 9.97 Å². The van der Waals surface area contributed by atoms with E-state index in [2.05, 4.69) is 20.4 Å². The predicted octanol–water partition coefficient (Wildman–Crippen LogP) is 4.27. The standard InChI is InChI=1S/C23H19BN6O4/c1-13-8-19-18(11-21(13)31)23(28-22(27-19)14-4-3-5-17(10-14)30(33)34)26-16-6-7-20-15(9-16)12-25-29(20)24(2)32/h3-12,31-32H,1-2H3,(H,26,27,28). The molecule has 0 saturated heterocycles. The number of phenolic OH excluding ortho intramolecular Hbond substituents is 1. The van der Waals surface area contributed by atoms with Crippen LogP contribution in [0.25, 0.3) is 33.2 Å². The predicted molar refractivity (Wildman–Crippen MR) is 130 cm³/mol. The van der Waals surface area contributed by atoms with Crippen LogP contribution in [0.1, 0.15) is 5.56 Å². The molecule has 0 spiro atoms. The van der Waals surface area contributed by atoms with Gasteiger partial charge in [0.1, 0.15) is 11.6 Å². The van der Waals surface area contributed by atoms with Crippen LogP contribution in [0.15, 0.2) is 60.8 Å². The highest BCUT2D eigenvalue weighted by Gasteiger charge is 2.16. The highest BCUT2D eigenvalue weighted by atomic mass is 16.6. The van der Waals surface area contributed by atoms with E-state index in [1.165, 1.54) is 16.7 Å². The van der Waals surface area contributed by atoms with E-state index < -0.39 is 12.0 Å². The fourth-order valence-electron chi connectivity index (χ4n) is 3.82. The Hall–Kier alpha value is -4.51. The summed E-state index contributed by atoms with van der Waals surface area (Å²) in [7, 11) is -0.759. The van der Waals surface area contributed by atoms with Crippen LogP contribution in [0, 0.1) is 17.0 Å². The molecule has 3 aromatic carbocycles. The van der Waals surface area contributed by atoms with E-state index in [0.717, 1.165) is 10.9 Å². The summed E-state index contributed by atoms with van der Waals surface area (Å²) < 4.78 is 1.51. The third-order valence-electron chi connectivity index (χ3n) is 5.54. The zero-order valence-electron chi connectivity index (χ0n) is 18.3. The molecule has 34 heavy (non-hydrogen) atoms. The number of nitro groups is 1. The molecule has 0 fully saturated rings. The summed E-state index contributed by atoms with van der Waals surface area (Å²) in [6, 6.07) is 15.0. The number of benzene rings is 3. The molecule has 2 aromatic heterocycles. The fraction of sp³-hybridized carbons (Fsp3) is 0.0870. The lowest BCUT2D eigenvalue weighted by Gasteiger charge is -2.13. The second-order valence-corrected chi connectivity index (χ2v) is 7.98. The van der Waals surface area contributed by atoms with Crippen LogP contribution in [-0.4, -0.2) is 41.8 Å². The van der Waals surface area contributed by atoms with Crippen molar-refractivity contribution in [2.75, 3.05) is 5.32 Å². The lowest BCUT2D eigenvalue weighted by Crippen LogP contribution is -2.20. The molecule has 11 heteroatoms. The van der Waals surface area contributed by atoms with Crippen LogP contribution in [0.3, 0.4) is 0 Å². The highest BCUT2D eigenvalue weighted by Crippen LogP contribution is 2.33. The second-order valence-electron chi connectivity index (χ2n) is 7.98. The van der Waals surface area contributed by atoms with E-state index >= 15 is 0 Å². The summed E-state index contributed by atoms with van der Waals surface area (Å²) in [5.74, 6) is 0.853. The van der Waals surface area contributed by atoms with Crippen molar-refractivity contribution in [2.45, 2.75) is 13.7 Å². The van der Waals surface area contributed by atoms with Crippen LogP contribution in [0.4, 0.5) is 17.2 Å². The molecule has 0 radical (unpaired) electrons. The van der Waals surface area contributed by atoms with Gasteiger partial charge in [0.2, 0.25) is 0 Å². The number of hydrogen-bond acceptors (Lipinski definition) is 8. The Bertz CT molecular complexity index is 1580.